The van der Waals surface area contributed by atoms with Crippen molar-refractivity contribution >= 4 is 34.7 Å². The Labute approximate surface area is 161 Å². The van der Waals surface area contributed by atoms with Crippen LogP contribution in [0.3, 0.4) is 0 Å². The number of nitrogens with zero attached hydrogens (tertiary/aromatic N) is 2. The van der Waals surface area contributed by atoms with Crippen molar-refractivity contribution in [1.29, 1.82) is 0 Å². The second kappa shape index (κ2) is 8.55. The molecule has 0 amide bonds. The maximum Gasteiger partial charge on any atom is 0.355 e. The first kappa shape index (κ1) is 18.7. The molecule has 0 saturated carbocycles. The first-order valence-electron chi connectivity index (χ1n) is 8.39. The number of hydrogen-bond acceptors (Lipinski definition) is 4. The summed E-state index contributed by atoms with van der Waals surface area (Å²) >= 11 is 0. The maximum absolute atomic E-state index is 11.5. The van der Waals surface area contributed by atoms with Gasteiger partial charge in [-0.05, 0) is 24.3 Å². The normalized spacial score (nSPS) is 11.9. The van der Waals surface area contributed by atoms with Crippen LogP contribution in [-0.2, 0) is 9.59 Å². The minimum absolute atomic E-state index is 0.0765. The Morgan fingerprint density at radius 1 is 0.536 bits per heavy atom. The van der Waals surface area contributed by atoms with Crippen LogP contribution in [0.15, 0.2) is 94.9 Å². The van der Waals surface area contributed by atoms with Gasteiger partial charge in [-0.1, -0.05) is 60.7 Å². The number of rotatable bonds is 6. The fourth-order valence-corrected chi connectivity index (χ4v) is 2.52. The van der Waals surface area contributed by atoms with E-state index in [1.165, 1.54) is 0 Å². The van der Waals surface area contributed by atoms with E-state index in [9.17, 15) is 19.8 Å². The van der Waals surface area contributed by atoms with Crippen molar-refractivity contribution < 1.29 is 19.8 Å². The lowest BCUT2D eigenvalue weighted by Crippen LogP contribution is -2.14. The van der Waals surface area contributed by atoms with Crippen LogP contribution < -0.4 is 0 Å². The Balaban J connectivity index is 1.92. The fourth-order valence-electron chi connectivity index (χ4n) is 2.52. The van der Waals surface area contributed by atoms with Gasteiger partial charge in [0.25, 0.3) is 0 Å². The molecular formula is C22H16N2O4. The second-order valence-corrected chi connectivity index (χ2v) is 5.78. The molecule has 0 fully saturated rings. The molecule has 28 heavy (non-hydrogen) atoms. The zero-order valence-corrected chi connectivity index (χ0v) is 14.7. The van der Waals surface area contributed by atoms with Gasteiger partial charge in [0.1, 0.15) is 0 Å². The lowest BCUT2D eigenvalue weighted by atomic mass is 10.1. The van der Waals surface area contributed by atoms with Gasteiger partial charge >= 0.3 is 11.9 Å². The molecule has 0 aliphatic heterocycles. The average Bonchev–Trinajstić information content (AvgIpc) is 2.72. The highest BCUT2D eigenvalue weighted by Gasteiger charge is 2.13. The molecule has 0 aliphatic rings. The van der Waals surface area contributed by atoms with Crippen LogP contribution in [0, 0.1) is 0 Å². The molecular weight excluding hydrogens is 356 g/mol. The Bertz CT molecular complexity index is 954. The summed E-state index contributed by atoms with van der Waals surface area (Å²) in [4.78, 5) is 31.4. The van der Waals surface area contributed by atoms with Crippen molar-refractivity contribution in [3.8, 4) is 0 Å². The van der Waals surface area contributed by atoms with Gasteiger partial charge in [-0.15, -0.1) is 0 Å². The first-order valence-corrected chi connectivity index (χ1v) is 8.39. The van der Waals surface area contributed by atoms with Crippen LogP contribution >= 0.6 is 0 Å². The third-order valence-corrected chi connectivity index (χ3v) is 3.83. The molecule has 3 aromatic carbocycles. The summed E-state index contributed by atoms with van der Waals surface area (Å²) in [6.07, 6.45) is 0. The highest BCUT2D eigenvalue weighted by atomic mass is 16.4. The van der Waals surface area contributed by atoms with Crippen LogP contribution in [0.4, 0.5) is 11.4 Å². The Morgan fingerprint density at radius 2 is 0.857 bits per heavy atom. The van der Waals surface area contributed by atoms with Crippen LogP contribution in [0.25, 0.3) is 0 Å². The van der Waals surface area contributed by atoms with Gasteiger partial charge in [-0.25, -0.2) is 19.6 Å². The smallest absolute Gasteiger partial charge is 0.355 e. The summed E-state index contributed by atoms with van der Waals surface area (Å²) in [5.74, 6) is -2.27. The molecule has 0 radical (unpaired) electrons. The van der Waals surface area contributed by atoms with Crippen molar-refractivity contribution in [2.75, 3.05) is 0 Å². The highest BCUT2D eigenvalue weighted by Crippen LogP contribution is 2.21. The van der Waals surface area contributed by atoms with E-state index in [4.69, 9.17) is 0 Å². The standard InChI is InChI=1S/C22H16N2O4/c25-21(26)19(15-7-3-1-4-8-15)23-17-11-13-18(14-12-17)24-20(22(27)28)16-9-5-2-6-10-16/h1-14H,(H,25,26)(H,27,28). The summed E-state index contributed by atoms with van der Waals surface area (Å²) in [5, 5.41) is 18.9. The van der Waals surface area contributed by atoms with E-state index in [0.717, 1.165) is 0 Å². The minimum atomic E-state index is -1.13. The van der Waals surface area contributed by atoms with Crippen molar-refractivity contribution in [2.24, 2.45) is 9.98 Å². The largest absolute Gasteiger partial charge is 0.476 e. The quantitative estimate of drug-likeness (QED) is 0.636. The maximum atomic E-state index is 11.5. The molecule has 138 valence electrons. The monoisotopic (exact) mass is 372 g/mol. The molecule has 0 atom stereocenters. The average molecular weight is 372 g/mol. The second-order valence-electron chi connectivity index (χ2n) is 5.78. The van der Waals surface area contributed by atoms with E-state index in [2.05, 4.69) is 9.98 Å². The van der Waals surface area contributed by atoms with Crippen molar-refractivity contribution in [3.63, 3.8) is 0 Å². The van der Waals surface area contributed by atoms with Gasteiger partial charge in [0.2, 0.25) is 0 Å². The molecule has 0 heterocycles. The van der Waals surface area contributed by atoms with E-state index in [-0.39, 0.29) is 11.4 Å². The number of carboxylic acids is 2. The number of benzene rings is 3. The predicted molar refractivity (Wildman–Crippen MR) is 107 cm³/mol. The molecule has 3 aromatic rings. The Hall–Kier alpha value is -4.06. The topological polar surface area (TPSA) is 99.3 Å². The van der Waals surface area contributed by atoms with E-state index < -0.39 is 11.9 Å². The van der Waals surface area contributed by atoms with Crippen molar-refractivity contribution in [1.82, 2.24) is 0 Å². The molecule has 6 heteroatoms. The predicted octanol–water partition coefficient (Wildman–Crippen LogP) is 4.10. The van der Waals surface area contributed by atoms with E-state index >= 15 is 0 Å². The number of carboxylic acid groups (broad SMARTS) is 2. The van der Waals surface area contributed by atoms with Crippen molar-refractivity contribution in [3.05, 3.63) is 96.1 Å². The minimum Gasteiger partial charge on any atom is -0.476 e. The van der Waals surface area contributed by atoms with Gasteiger partial charge in [-0.3, -0.25) is 0 Å². The Kier molecular flexibility index (Phi) is 5.72. The summed E-state index contributed by atoms with van der Waals surface area (Å²) < 4.78 is 0. The van der Waals surface area contributed by atoms with Crippen LogP contribution in [-0.4, -0.2) is 33.6 Å². The lowest BCUT2D eigenvalue weighted by Gasteiger charge is -2.04. The van der Waals surface area contributed by atoms with Crippen LogP contribution in [0.1, 0.15) is 11.1 Å². The van der Waals surface area contributed by atoms with Gasteiger partial charge in [-0.2, -0.15) is 0 Å². The van der Waals surface area contributed by atoms with E-state index in [0.29, 0.717) is 22.5 Å². The summed E-state index contributed by atoms with van der Waals surface area (Å²) in [6.45, 7) is 0. The molecule has 2 N–H and O–H groups in total. The van der Waals surface area contributed by atoms with E-state index in [1.54, 1.807) is 84.9 Å². The number of aliphatic imine (C=N–C) groups is 2. The summed E-state index contributed by atoms with van der Waals surface area (Å²) in [6, 6.07) is 23.6. The zero-order chi connectivity index (χ0) is 19.9. The van der Waals surface area contributed by atoms with Crippen LogP contribution in [0.2, 0.25) is 0 Å². The molecule has 0 bridgehead atoms. The SMILES string of the molecule is O=C(O)C(=Nc1ccc(N=C(C(=O)O)c2ccccc2)cc1)c1ccccc1. The number of carbonyl (C=O) groups is 2. The zero-order valence-electron chi connectivity index (χ0n) is 14.7. The molecule has 3 rings (SSSR count). The molecule has 0 unspecified atom stereocenters. The number of aliphatic carboxylic acids is 2. The van der Waals surface area contributed by atoms with Gasteiger partial charge in [0.05, 0.1) is 11.4 Å². The van der Waals surface area contributed by atoms with Gasteiger partial charge < -0.3 is 10.2 Å². The van der Waals surface area contributed by atoms with E-state index in [1.807, 2.05) is 0 Å². The fraction of sp³-hybridized carbons (Fsp3) is 0. The highest BCUT2D eigenvalue weighted by molar-refractivity contribution is 6.43. The summed E-state index contributed by atoms with van der Waals surface area (Å²) in [5.41, 5.74) is 1.69. The first-order chi connectivity index (χ1) is 13.5. The van der Waals surface area contributed by atoms with Crippen LogP contribution in [0.5, 0.6) is 0 Å². The third-order valence-electron chi connectivity index (χ3n) is 3.83. The summed E-state index contributed by atoms with van der Waals surface area (Å²) in [7, 11) is 0. The Morgan fingerprint density at radius 3 is 1.14 bits per heavy atom. The molecule has 0 spiro atoms. The molecule has 0 aromatic heterocycles. The van der Waals surface area contributed by atoms with Gasteiger partial charge in [0, 0.05) is 11.1 Å². The molecule has 0 saturated heterocycles. The third kappa shape index (κ3) is 4.56. The molecule has 0 aliphatic carbocycles. The molecule has 6 nitrogen and oxygen atoms in total. The van der Waals surface area contributed by atoms with Crippen molar-refractivity contribution in [2.45, 2.75) is 0 Å². The lowest BCUT2D eigenvalue weighted by molar-refractivity contribution is -0.130. The number of hydrogen-bond donors (Lipinski definition) is 2. The van der Waals surface area contributed by atoms with Gasteiger partial charge in [0.15, 0.2) is 11.4 Å².